The maximum Gasteiger partial charge on any atom is 0.0662 e. The van der Waals surface area contributed by atoms with Gasteiger partial charge in [-0.15, -0.1) is 11.8 Å². The van der Waals surface area contributed by atoms with Crippen molar-refractivity contribution in [2.75, 3.05) is 0 Å². The third-order valence-corrected chi connectivity index (χ3v) is 5.38. The van der Waals surface area contributed by atoms with Crippen LogP contribution in [0.25, 0.3) is 11.1 Å². The summed E-state index contributed by atoms with van der Waals surface area (Å²) in [4.78, 5) is 1.28. The number of hydrogen-bond donors (Lipinski definition) is 1. The zero-order valence-electron chi connectivity index (χ0n) is 11.5. The molecule has 1 fully saturated rings. The average molecular weight is 284 g/mol. The SMILES string of the molecule is O[C@@H]1CCCC[C@H]1Sc1ccccc1-c1ccccc1. The highest BCUT2D eigenvalue weighted by molar-refractivity contribution is 8.00. The van der Waals surface area contributed by atoms with Crippen LogP contribution in [-0.2, 0) is 0 Å². The van der Waals surface area contributed by atoms with E-state index in [4.69, 9.17) is 0 Å². The van der Waals surface area contributed by atoms with Crippen molar-refractivity contribution >= 4 is 11.8 Å². The van der Waals surface area contributed by atoms with E-state index in [1.165, 1.54) is 28.9 Å². The van der Waals surface area contributed by atoms with E-state index in [2.05, 4.69) is 48.5 Å². The predicted octanol–water partition coefficient (Wildman–Crippen LogP) is 4.75. The van der Waals surface area contributed by atoms with Crippen molar-refractivity contribution < 1.29 is 5.11 Å². The fraction of sp³-hybridized carbons (Fsp3) is 0.333. The Hall–Kier alpha value is -1.25. The molecule has 0 bridgehead atoms. The number of hydrogen-bond acceptors (Lipinski definition) is 2. The van der Waals surface area contributed by atoms with Crippen LogP contribution < -0.4 is 0 Å². The fourth-order valence-corrected chi connectivity index (χ4v) is 4.18. The fourth-order valence-electron chi connectivity index (χ4n) is 2.80. The number of benzene rings is 2. The molecule has 0 radical (unpaired) electrons. The van der Waals surface area contributed by atoms with Crippen molar-refractivity contribution in [2.45, 2.75) is 41.9 Å². The summed E-state index contributed by atoms with van der Waals surface area (Å²) in [5, 5.41) is 10.5. The lowest BCUT2D eigenvalue weighted by molar-refractivity contribution is 0.137. The van der Waals surface area contributed by atoms with Crippen LogP contribution in [0.15, 0.2) is 59.5 Å². The van der Waals surface area contributed by atoms with E-state index in [-0.39, 0.29) is 6.10 Å². The first-order valence-electron chi connectivity index (χ1n) is 7.34. The molecule has 2 aromatic rings. The molecule has 1 N–H and O–H groups in total. The van der Waals surface area contributed by atoms with Gasteiger partial charge in [0.15, 0.2) is 0 Å². The van der Waals surface area contributed by atoms with E-state index in [1.54, 1.807) is 0 Å². The van der Waals surface area contributed by atoms with Gasteiger partial charge in [0.2, 0.25) is 0 Å². The molecule has 0 saturated heterocycles. The highest BCUT2D eigenvalue weighted by Crippen LogP contribution is 2.38. The van der Waals surface area contributed by atoms with Crippen molar-refractivity contribution in [3.63, 3.8) is 0 Å². The first-order chi connectivity index (χ1) is 9.84. The molecule has 0 heterocycles. The first kappa shape index (κ1) is 13.7. The van der Waals surface area contributed by atoms with E-state index < -0.39 is 0 Å². The molecule has 1 aliphatic carbocycles. The van der Waals surface area contributed by atoms with Crippen LogP contribution >= 0.6 is 11.8 Å². The first-order valence-corrected chi connectivity index (χ1v) is 8.22. The Morgan fingerprint density at radius 3 is 2.35 bits per heavy atom. The minimum Gasteiger partial charge on any atom is -0.392 e. The van der Waals surface area contributed by atoms with E-state index >= 15 is 0 Å². The number of thioether (sulfide) groups is 1. The average Bonchev–Trinajstić information content (AvgIpc) is 2.51. The minimum atomic E-state index is -0.155. The molecular weight excluding hydrogens is 264 g/mol. The second kappa shape index (κ2) is 6.47. The Bertz CT molecular complexity index is 552. The molecular formula is C18H20OS. The summed E-state index contributed by atoms with van der Waals surface area (Å²) < 4.78 is 0. The highest BCUT2D eigenvalue weighted by atomic mass is 32.2. The van der Waals surface area contributed by atoms with Crippen LogP contribution in [0.5, 0.6) is 0 Å². The topological polar surface area (TPSA) is 20.2 Å². The van der Waals surface area contributed by atoms with E-state index in [9.17, 15) is 5.11 Å². The van der Waals surface area contributed by atoms with Gasteiger partial charge in [0.05, 0.1) is 6.10 Å². The molecule has 1 saturated carbocycles. The molecule has 104 valence electrons. The van der Waals surface area contributed by atoms with Crippen molar-refractivity contribution in [3.8, 4) is 11.1 Å². The van der Waals surface area contributed by atoms with E-state index in [1.807, 2.05) is 17.8 Å². The van der Waals surface area contributed by atoms with Gasteiger partial charge < -0.3 is 5.11 Å². The van der Waals surface area contributed by atoms with Gasteiger partial charge in [-0.2, -0.15) is 0 Å². The van der Waals surface area contributed by atoms with Gasteiger partial charge >= 0.3 is 0 Å². The third-order valence-electron chi connectivity index (χ3n) is 3.92. The maximum absolute atomic E-state index is 10.2. The third kappa shape index (κ3) is 3.08. The van der Waals surface area contributed by atoms with Crippen LogP contribution in [0.4, 0.5) is 0 Å². The summed E-state index contributed by atoms with van der Waals surface area (Å²) in [5.41, 5.74) is 2.52. The van der Waals surface area contributed by atoms with Gasteiger partial charge in [-0.25, -0.2) is 0 Å². The Kier molecular flexibility index (Phi) is 4.44. The van der Waals surface area contributed by atoms with Gasteiger partial charge in [-0.3, -0.25) is 0 Å². The monoisotopic (exact) mass is 284 g/mol. The van der Waals surface area contributed by atoms with Gasteiger partial charge in [0.1, 0.15) is 0 Å². The lowest BCUT2D eigenvalue weighted by Crippen LogP contribution is -2.26. The van der Waals surface area contributed by atoms with Gasteiger partial charge in [-0.1, -0.05) is 61.4 Å². The van der Waals surface area contributed by atoms with Gasteiger partial charge in [-0.05, 0) is 30.0 Å². The van der Waals surface area contributed by atoms with Gasteiger partial charge in [0, 0.05) is 10.1 Å². The van der Waals surface area contributed by atoms with Crippen LogP contribution in [0.1, 0.15) is 25.7 Å². The molecule has 2 aromatic carbocycles. The smallest absolute Gasteiger partial charge is 0.0662 e. The molecule has 0 spiro atoms. The van der Waals surface area contributed by atoms with Crippen LogP contribution in [-0.4, -0.2) is 16.5 Å². The quantitative estimate of drug-likeness (QED) is 0.877. The number of rotatable bonds is 3. The van der Waals surface area contributed by atoms with E-state index in [0.717, 1.165) is 12.8 Å². The van der Waals surface area contributed by atoms with Crippen LogP contribution in [0.2, 0.25) is 0 Å². The molecule has 20 heavy (non-hydrogen) atoms. The predicted molar refractivity (Wildman–Crippen MR) is 86.0 cm³/mol. The maximum atomic E-state index is 10.2. The van der Waals surface area contributed by atoms with E-state index in [0.29, 0.717) is 5.25 Å². The number of aliphatic hydroxyl groups is 1. The minimum absolute atomic E-state index is 0.155. The lowest BCUT2D eigenvalue weighted by Gasteiger charge is -2.27. The molecule has 0 amide bonds. The van der Waals surface area contributed by atoms with Crippen molar-refractivity contribution in [2.24, 2.45) is 0 Å². The number of aliphatic hydroxyl groups excluding tert-OH is 1. The summed E-state index contributed by atoms with van der Waals surface area (Å²) in [5.74, 6) is 0. The molecule has 1 aliphatic rings. The molecule has 2 heteroatoms. The second-order valence-electron chi connectivity index (χ2n) is 5.37. The zero-order chi connectivity index (χ0) is 13.8. The Labute approximate surface area is 125 Å². The molecule has 0 aliphatic heterocycles. The van der Waals surface area contributed by atoms with Crippen molar-refractivity contribution in [1.29, 1.82) is 0 Å². The summed E-state index contributed by atoms with van der Waals surface area (Å²) in [7, 11) is 0. The summed E-state index contributed by atoms with van der Waals surface area (Å²) >= 11 is 1.84. The Morgan fingerprint density at radius 1 is 0.850 bits per heavy atom. The zero-order valence-corrected chi connectivity index (χ0v) is 12.4. The molecule has 1 nitrogen and oxygen atoms in total. The molecule has 0 unspecified atom stereocenters. The Balaban J connectivity index is 1.86. The normalized spacial score (nSPS) is 22.6. The Morgan fingerprint density at radius 2 is 1.55 bits per heavy atom. The van der Waals surface area contributed by atoms with Crippen LogP contribution in [0.3, 0.4) is 0 Å². The standard InChI is InChI=1S/C18H20OS/c19-16-11-5-7-13-18(16)20-17-12-6-4-10-15(17)14-8-2-1-3-9-14/h1-4,6,8-10,12,16,18-19H,5,7,11,13H2/t16-,18-/m1/s1. The van der Waals surface area contributed by atoms with Crippen molar-refractivity contribution in [1.82, 2.24) is 0 Å². The van der Waals surface area contributed by atoms with Crippen molar-refractivity contribution in [3.05, 3.63) is 54.6 Å². The highest BCUT2D eigenvalue weighted by Gasteiger charge is 2.24. The van der Waals surface area contributed by atoms with Crippen LogP contribution in [0, 0.1) is 0 Å². The second-order valence-corrected chi connectivity index (χ2v) is 6.65. The summed E-state index contributed by atoms with van der Waals surface area (Å²) in [6.45, 7) is 0. The largest absolute Gasteiger partial charge is 0.392 e. The summed E-state index contributed by atoms with van der Waals surface area (Å²) in [6, 6.07) is 19.0. The molecule has 2 atom stereocenters. The van der Waals surface area contributed by atoms with Gasteiger partial charge in [0.25, 0.3) is 0 Å². The molecule has 3 rings (SSSR count). The summed E-state index contributed by atoms with van der Waals surface area (Å²) in [6.07, 6.45) is 4.32. The molecule has 0 aromatic heterocycles. The lowest BCUT2D eigenvalue weighted by atomic mass is 9.97.